The second kappa shape index (κ2) is 2.88. The monoisotopic (exact) mass is 165 g/mol. The first-order valence-corrected chi connectivity index (χ1v) is 5.06. The van der Waals surface area contributed by atoms with Crippen LogP contribution in [0.25, 0.3) is 0 Å². The van der Waals surface area contributed by atoms with Gasteiger partial charge in [0.1, 0.15) is 0 Å². The van der Waals surface area contributed by atoms with Gasteiger partial charge in [0.25, 0.3) is 0 Å². The van der Waals surface area contributed by atoms with Gasteiger partial charge in [0.05, 0.1) is 0 Å². The minimum absolute atomic E-state index is 0.398. The molecule has 2 N–H and O–H groups in total. The van der Waals surface area contributed by atoms with Gasteiger partial charge in [0.15, 0.2) is 0 Å². The van der Waals surface area contributed by atoms with E-state index >= 15 is 0 Å². The molecule has 0 aromatic rings. The molecule has 0 aliphatic heterocycles. The molecule has 1 heteroatoms. The molecule has 0 bridgehead atoms. The fourth-order valence-corrected chi connectivity index (χ4v) is 2.68. The zero-order valence-electron chi connectivity index (χ0n) is 7.92. The fourth-order valence-electron chi connectivity index (χ4n) is 2.68. The van der Waals surface area contributed by atoms with Crippen molar-refractivity contribution in [1.29, 1.82) is 0 Å². The molecule has 3 unspecified atom stereocenters. The van der Waals surface area contributed by atoms with Crippen molar-refractivity contribution in [2.24, 2.45) is 23.5 Å². The minimum atomic E-state index is 0.398. The summed E-state index contributed by atoms with van der Waals surface area (Å²) in [5, 5.41) is 0. The van der Waals surface area contributed by atoms with Gasteiger partial charge in [0, 0.05) is 6.04 Å². The molecular weight excluding hydrogens is 146 g/mol. The van der Waals surface area contributed by atoms with Crippen molar-refractivity contribution in [2.45, 2.75) is 38.6 Å². The number of rotatable bonds is 3. The van der Waals surface area contributed by atoms with Crippen LogP contribution in [0, 0.1) is 17.8 Å². The molecule has 0 aromatic carbocycles. The number of fused-ring (bicyclic) bond motifs is 1. The predicted octanol–water partition coefficient (Wildman–Crippen LogP) is 2.33. The van der Waals surface area contributed by atoms with Crippen LogP contribution in [-0.2, 0) is 0 Å². The quantitative estimate of drug-likeness (QED) is 0.638. The van der Waals surface area contributed by atoms with Crippen molar-refractivity contribution < 1.29 is 0 Å². The van der Waals surface area contributed by atoms with Crippen molar-refractivity contribution in [3.8, 4) is 0 Å². The summed E-state index contributed by atoms with van der Waals surface area (Å²) in [6, 6.07) is 0.398. The molecule has 0 aromatic heterocycles. The van der Waals surface area contributed by atoms with Crippen LogP contribution in [0.15, 0.2) is 12.2 Å². The summed E-state index contributed by atoms with van der Waals surface area (Å²) >= 11 is 0. The summed E-state index contributed by atoms with van der Waals surface area (Å²) < 4.78 is 0. The first-order valence-electron chi connectivity index (χ1n) is 5.06. The Balaban J connectivity index is 1.80. The maximum absolute atomic E-state index is 6.10. The molecule has 0 spiro atoms. The van der Waals surface area contributed by atoms with E-state index in [0.29, 0.717) is 6.04 Å². The predicted molar refractivity (Wildman–Crippen MR) is 51.7 cm³/mol. The van der Waals surface area contributed by atoms with Gasteiger partial charge in [-0.3, -0.25) is 0 Å². The fraction of sp³-hybridized carbons (Fsp3) is 0.818. The normalized spacial score (nSPS) is 40.7. The van der Waals surface area contributed by atoms with Crippen LogP contribution >= 0.6 is 0 Å². The molecule has 2 fully saturated rings. The Bertz CT molecular complexity index is 187. The summed E-state index contributed by atoms with van der Waals surface area (Å²) in [6.45, 7) is 6.00. The van der Waals surface area contributed by atoms with Crippen LogP contribution in [0.1, 0.15) is 32.6 Å². The third-order valence-corrected chi connectivity index (χ3v) is 3.47. The lowest BCUT2D eigenvalue weighted by atomic mass is 9.91. The maximum atomic E-state index is 6.10. The van der Waals surface area contributed by atoms with Gasteiger partial charge in [0.2, 0.25) is 0 Å². The van der Waals surface area contributed by atoms with Crippen LogP contribution < -0.4 is 5.73 Å². The number of hydrogen-bond acceptors (Lipinski definition) is 1. The number of hydrogen-bond donors (Lipinski definition) is 1. The van der Waals surface area contributed by atoms with Crippen LogP contribution in [0.2, 0.25) is 0 Å². The zero-order chi connectivity index (χ0) is 8.72. The van der Waals surface area contributed by atoms with E-state index in [1.165, 1.54) is 24.8 Å². The van der Waals surface area contributed by atoms with Crippen molar-refractivity contribution in [2.75, 3.05) is 0 Å². The average Bonchev–Trinajstić information content (AvgIpc) is 2.57. The summed E-state index contributed by atoms with van der Waals surface area (Å²) in [5.74, 6) is 2.93. The third kappa shape index (κ3) is 1.56. The van der Waals surface area contributed by atoms with Crippen LogP contribution in [0.4, 0.5) is 0 Å². The molecule has 2 aliphatic rings. The Morgan fingerprint density at radius 2 is 2.00 bits per heavy atom. The largest absolute Gasteiger partial charge is 0.327 e. The van der Waals surface area contributed by atoms with E-state index in [0.717, 1.165) is 24.2 Å². The Morgan fingerprint density at radius 1 is 1.42 bits per heavy atom. The van der Waals surface area contributed by atoms with Gasteiger partial charge >= 0.3 is 0 Å². The highest BCUT2D eigenvalue weighted by Crippen LogP contribution is 2.55. The Labute approximate surface area is 75.0 Å². The van der Waals surface area contributed by atoms with Crippen LogP contribution in [-0.4, -0.2) is 6.04 Å². The second-order valence-corrected chi connectivity index (χ2v) is 4.81. The van der Waals surface area contributed by atoms with Gasteiger partial charge in [-0.15, -0.1) is 6.58 Å². The average molecular weight is 165 g/mol. The summed E-state index contributed by atoms with van der Waals surface area (Å²) in [5.41, 5.74) is 7.34. The zero-order valence-corrected chi connectivity index (χ0v) is 7.92. The second-order valence-electron chi connectivity index (χ2n) is 4.81. The van der Waals surface area contributed by atoms with E-state index < -0.39 is 0 Å². The van der Waals surface area contributed by atoms with E-state index in [9.17, 15) is 0 Å². The molecule has 1 nitrogen and oxygen atoms in total. The molecule has 3 atom stereocenters. The Morgan fingerprint density at radius 3 is 2.50 bits per heavy atom. The molecule has 68 valence electrons. The summed E-state index contributed by atoms with van der Waals surface area (Å²) in [6.07, 6.45) is 5.33. The van der Waals surface area contributed by atoms with Gasteiger partial charge < -0.3 is 5.73 Å². The van der Waals surface area contributed by atoms with Crippen molar-refractivity contribution in [3.05, 3.63) is 12.2 Å². The molecule has 0 amide bonds. The highest BCUT2D eigenvalue weighted by molar-refractivity contribution is 5.02. The van der Waals surface area contributed by atoms with E-state index in [4.69, 9.17) is 5.73 Å². The smallest absolute Gasteiger partial charge is 0.0104 e. The topological polar surface area (TPSA) is 26.0 Å². The maximum Gasteiger partial charge on any atom is 0.0104 e. The van der Waals surface area contributed by atoms with E-state index in [1.807, 2.05) is 0 Å². The third-order valence-electron chi connectivity index (χ3n) is 3.47. The number of nitrogens with two attached hydrogens (primary N) is 1. The highest BCUT2D eigenvalue weighted by Gasteiger charge is 2.47. The molecule has 12 heavy (non-hydrogen) atoms. The first-order chi connectivity index (χ1) is 5.66. The van der Waals surface area contributed by atoms with Gasteiger partial charge in [-0.25, -0.2) is 0 Å². The van der Waals surface area contributed by atoms with E-state index in [-0.39, 0.29) is 0 Å². The molecule has 2 aliphatic carbocycles. The van der Waals surface area contributed by atoms with Crippen molar-refractivity contribution in [1.82, 2.24) is 0 Å². The lowest BCUT2D eigenvalue weighted by Gasteiger charge is -2.20. The Kier molecular flexibility index (Phi) is 1.99. The molecule has 0 saturated heterocycles. The van der Waals surface area contributed by atoms with E-state index in [1.54, 1.807) is 0 Å². The van der Waals surface area contributed by atoms with Crippen LogP contribution in [0.3, 0.4) is 0 Å². The lowest BCUT2D eigenvalue weighted by Crippen LogP contribution is -2.29. The molecule has 2 saturated carbocycles. The summed E-state index contributed by atoms with van der Waals surface area (Å²) in [4.78, 5) is 0. The van der Waals surface area contributed by atoms with Crippen molar-refractivity contribution in [3.63, 3.8) is 0 Å². The first kappa shape index (κ1) is 8.31. The lowest BCUT2D eigenvalue weighted by molar-refractivity contribution is 0.392. The molecule has 2 rings (SSSR count). The van der Waals surface area contributed by atoms with Gasteiger partial charge in [-0.1, -0.05) is 5.57 Å². The minimum Gasteiger partial charge on any atom is -0.327 e. The molecule has 0 radical (unpaired) electrons. The highest BCUT2D eigenvalue weighted by atomic mass is 14.7. The molecular formula is C11H19N. The molecule has 0 heterocycles. The van der Waals surface area contributed by atoms with Crippen molar-refractivity contribution >= 4 is 0 Å². The van der Waals surface area contributed by atoms with Crippen LogP contribution in [0.5, 0.6) is 0 Å². The van der Waals surface area contributed by atoms with Gasteiger partial charge in [-0.05, 0) is 50.4 Å². The SMILES string of the molecule is C=C(C)CC(N)C1CC2CC2C1. The Hall–Kier alpha value is -0.300. The van der Waals surface area contributed by atoms with E-state index in [2.05, 4.69) is 13.5 Å². The summed E-state index contributed by atoms with van der Waals surface area (Å²) in [7, 11) is 0. The standard InChI is InChI=1S/C11H19N/c1-7(2)3-11(12)10-5-8-4-9(8)6-10/h8-11H,1,3-6,12H2,2H3. The van der Waals surface area contributed by atoms with Gasteiger partial charge in [-0.2, -0.15) is 0 Å².